The summed E-state index contributed by atoms with van der Waals surface area (Å²) in [4.78, 5) is 14.9. The zero-order valence-electron chi connectivity index (χ0n) is 14.1. The van der Waals surface area contributed by atoms with E-state index in [2.05, 4.69) is 10.00 Å². The molecule has 0 radical (unpaired) electrons. The smallest absolute Gasteiger partial charge is 0.307 e. The van der Waals surface area contributed by atoms with Gasteiger partial charge in [-0.2, -0.15) is 0 Å². The fraction of sp³-hybridized carbons (Fsp3) is 0.200. The molecule has 0 saturated heterocycles. The summed E-state index contributed by atoms with van der Waals surface area (Å²) in [5.41, 5.74) is 3.66. The van der Waals surface area contributed by atoms with Gasteiger partial charge in [-0.25, -0.2) is 0 Å². The van der Waals surface area contributed by atoms with Crippen LogP contribution in [0.15, 0.2) is 71.5 Å². The molecule has 0 atom stereocenters. The minimum absolute atomic E-state index is 0.00253. The predicted octanol–water partition coefficient (Wildman–Crippen LogP) is 2.56. The standard InChI is InChI=1S/C20H21N3O/c1-22(2)13-14-23-20(24)18(16-9-5-3-6-10-16)15-19(21-23)17-11-7-4-8-12-17/h3-12,15H,13-14H2,1-2H3/p+1. The Hall–Kier alpha value is -2.72. The number of H-pyrrole nitrogens is 1. The topological polar surface area (TPSA) is 39.4 Å². The van der Waals surface area contributed by atoms with Crippen LogP contribution in [0.3, 0.4) is 0 Å². The average molecular weight is 320 g/mol. The molecule has 0 amide bonds. The molecule has 0 spiro atoms. The third-order valence-electron chi connectivity index (χ3n) is 3.96. The van der Waals surface area contributed by atoms with Gasteiger partial charge in [0.05, 0.1) is 12.1 Å². The first kappa shape index (κ1) is 16.1. The molecule has 0 aliphatic carbocycles. The molecule has 2 aromatic carbocycles. The lowest BCUT2D eigenvalue weighted by Crippen LogP contribution is -2.39. The summed E-state index contributed by atoms with van der Waals surface area (Å²) in [5, 5.41) is 3.27. The fourth-order valence-electron chi connectivity index (χ4n) is 2.63. The van der Waals surface area contributed by atoms with Crippen molar-refractivity contribution < 1.29 is 5.10 Å². The van der Waals surface area contributed by atoms with Gasteiger partial charge in [-0.05, 0) is 31.8 Å². The zero-order chi connectivity index (χ0) is 16.9. The molecular formula is C20H22N3O+. The van der Waals surface area contributed by atoms with Gasteiger partial charge in [-0.1, -0.05) is 48.5 Å². The quantitative estimate of drug-likeness (QED) is 0.725. The van der Waals surface area contributed by atoms with E-state index in [0.717, 1.165) is 23.4 Å². The maximum atomic E-state index is 12.9. The number of nitrogens with zero attached hydrogens (tertiary/aromatic N) is 2. The number of nitrogens with one attached hydrogen (secondary N) is 1. The van der Waals surface area contributed by atoms with Gasteiger partial charge in [0.2, 0.25) is 5.69 Å². The molecule has 1 heterocycles. The molecule has 0 unspecified atom stereocenters. The van der Waals surface area contributed by atoms with E-state index in [1.165, 1.54) is 0 Å². The Labute approximate surface area is 142 Å². The number of rotatable bonds is 5. The van der Waals surface area contributed by atoms with E-state index in [-0.39, 0.29) is 5.56 Å². The summed E-state index contributed by atoms with van der Waals surface area (Å²) in [6.45, 7) is 1.41. The SMILES string of the molecule is CN(C)CCn1[nH+]c(-c2ccccc2)cc(-c2ccccc2)c1=O. The summed E-state index contributed by atoms with van der Waals surface area (Å²) in [6.07, 6.45) is 0. The van der Waals surface area contributed by atoms with Crippen molar-refractivity contribution in [1.29, 1.82) is 0 Å². The van der Waals surface area contributed by atoms with E-state index >= 15 is 0 Å². The number of aromatic nitrogens is 2. The van der Waals surface area contributed by atoms with Crippen LogP contribution in [0.25, 0.3) is 22.4 Å². The Morgan fingerprint density at radius 1 is 0.917 bits per heavy atom. The van der Waals surface area contributed by atoms with Gasteiger partial charge in [0.25, 0.3) is 0 Å². The maximum Gasteiger partial charge on any atom is 0.308 e. The monoisotopic (exact) mass is 320 g/mol. The second-order valence-electron chi connectivity index (χ2n) is 6.08. The molecule has 0 aliphatic heterocycles. The van der Waals surface area contributed by atoms with Crippen LogP contribution in [0.5, 0.6) is 0 Å². The van der Waals surface area contributed by atoms with Gasteiger partial charge in [0, 0.05) is 18.2 Å². The van der Waals surface area contributed by atoms with Crippen molar-refractivity contribution in [1.82, 2.24) is 9.58 Å². The van der Waals surface area contributed by atoms with E-state index in [4.69, 9.17) is 0 Å². The van der Waals surface area contributed by atoms with Crippen molar-refractivity contribution >= 4 is 0 Å². The van der Waals surface area contributed by atoms with Crippen molar-refractivity contribution in [2.75, 3.05) is 20.6 Å². The molecule has 122 valence electrons. The maximum absolute atomic E-state index is 12.9. The van der Waals surface area contributed by atoms with Crippen molar-refractivity contribution in [3.63, 3.8) is 0 Å². The van der Waals surface area contributed by atoms with Gasteiger partial charge in [0.1, 0.15) is 0 Å². The highest BCUT2D eigenvalue weighted by molar-refractivity contribution is 5.67. The molecule has 4 nitrogen and oxygen atoms in total. The lowest BCUT2D eigenvalue weighted by molar-refractivity contribution is -0.486. The molecule has 1 aromatic heterocycles. The van der Waals surface area contributed by atoms with E-state index < -0.39 is 0 Å². The average Bonchev–Trinajstić information content (AvgIpc) is 2.62. The van der Waals surface area contributed by atoms with E-state index in [1.54, 1.807) is 4.68 Å². The molecular weight excluding hydrogens is 298 g/mol. The van der Waals surface area contributed by atoms with Crippen LogP contribution < -0.4 is 10.7 Å². The molecule has 3 rings (SSSR count). The van der Waals surface area contributed by atoms with Crippen molar-refractivity contribution in [2.45, 2.75) is 6.54 Å². The van der Waals surface area contributed by atoms with Crippen LogP contribution in [0, 0.1) is 0 Å². The first-order valence-corrected chi connectivity index (χ1v) is 8.08. The zero-order valence-corrected chi connectivity index (χ0v) is 14.1. The molecule has 24 heavy (non-hydrogen) atoms. The highest BCUT2D eigenvalue weighted by atomic mass is 16.1. The lowest BCUT2D eigenvalue weighted by Gasteiger charge is -2.10. The second-order valence-corrected chi connectivity index (χ2v) is 6.08. The molecule has 3 aromatic rings. The Kier molecular flexibility index (Phi) is 4.87. The second kappa shape index (κ2) is 7.23. The van der Waals surface area contributed by atoms with Gasteiger partial charge in [-0.3, -0.25) is 4.79 Å². The van der Waals surface area contributed by atoms with Crippen LogP contribution in [0.4, 0.5) is 0 Å². The minimum Gasteiger partial charge on any atom is -0.307 e. The van der Waals surface area contributed by atoms with Crippen molar-refractivity contribution in [2.24, 2.45) is 0 Å². The summed E-state index contributed by atoms with van der Waals surface area (Å²) in [6, 6.07) is 21.8. The van der Waals surface area contributed by atoms with Crippen LogP contribution >= 0.6 is 0 Å². The Bertz CT molecular complexity index is 855. The van der Waals surface area contributed by atoms with E-state index in [9.17, 15) is 4.79 Å². The lowest BCUT2D eigenvalue weighted by atomic mass is 10.0. The number of likely N-dealkylation sites (N-methyl/N-ethyl adjacent to an activating group) is 1. The Balaban J connectivity index is 2.14. The molecule has 4 heteroatoms. The van der Waals surface area contributed by atoms with Gasteiger partial charge >= 0.3 is 5.56 Å². The van der Waals surface area contributed by atoms with Crippen LogP contribution in [0.1, 0.15) is 0 Å². The van der Waals surface area contributed by atoms with Crippen molar-refractivity contribution in [3.05, 3.63) is 77.1 Å². The molecule has 0 saturated carbocycles. The number of hydrogen-bond acceptors (Lipinski definition) is 2. The molecule has 0 aliphatic rings. The molecule has 0 fully saturated rings. The molecule has 0 bridgehead atoms. The Morgan fingerprint density at radius 2 is 1.50 bits per heavy atom. The summed E-state index contributed by atoms with van der Waals surface area (Å²) >= 11 is 0. The Morgan fingerprint density at radius 3 is 2.08 bits per heavy atom. The van der Waals surface area contributed by atoms with Crippen LogP contribution in [-0.4, -0.2) is 30.2 Å². The predicted molar refractivity (Wildman–Crippen MR) is 96.7 cm³/mol. The summed E-state index contributed by atoms with van der Waals surface area (Å²) in [7, 11) is 4.01. The van der Waals surface area contributed by atoms with Crippen molar-refractivity contribution in [3.8, 4) is 22.4 Å². The third-order valence-corrected chi connectivity index (χ3v) is 3.96. The van der Waals surface area contributed by atoms with Gasteiger partial charge in [-0.15, -0.1) is 9.78 Å². The first-order chi connectivity index (χ1) is 11.6. The highest BCUT2D eigenvalue weighted by Gasteiger charge is 2.16. The van der Waals surface area contributed by atoms with E-state index in [0.29, 0.717) is 12.1 Å². The largest absolute Gasteiger partial charge is 0.308 e. The summed E-state index contributed by atoms with van der Waals surface area (Å²) in [5.74, 6) is 0. The summed E-state index contributed by atoms with van der Waals surface area (Å²) < 4.78 is 1.70. The first-order valence-electron chi connectivity index (χ1n) is 8.08. The number of aromatic amines is 1. The minimum atomic E-state index is 0.00253. The third kappa shape index (κ3) is 3.60. The fourth-order valence-corrected chi connectivity index (χ4v) is 2.63. The van der Waals surface area contributed by atoms with Gasteiger partial charge in [0.15, 0.2) is 0 Å². The number of benzene rings is 2. The van der Waals surface area contributed by atoms with Crippen LogP contribution in [0.2, 0.25) is 0 Å². The molecule has 1 N–H and O–H groups in total. The van der Waals surface area contributed by atoms with Crippen LogP contribution in [-0.2, 0) is 6.54 Å². The van der Waals surface area contributed by atoms with Gasteiger partial charge < -0.3 is 4.90 Å². The normalized spacial score (nSPS) is 11.0. The van der Waals surface area contributed by atoms with E-state index in [1.807, 2.05) is 80.8 Å². The highest BCUT2D eigenvalue weighted by Crippen LogP contribution is 2.19. The number of hydrogen-bond donors (Lipinski definition) is 0.